The molecule has 2 N–H and O–H groups in total. The molecule has 0 bridgehead atoms. The van der Waals surface area contributed by atoms with Crippen molar-refractivity contribution < 1.29 is 0 Å². The van der Waals surface area contributed by atoms with Gasteiger partial charge in [-0.05, 0) is 49.4 Å². The molecule has 1 aromatic heterocycles. The van der Waals surface area contributed by atoms with E-state index in [0.29, 0.717) is 0 Å². The molecule has 2 heterocycles. The number of likely N-dealkylation sites (tertiary alicyclic amines) is 1. The van der Waals surface area contributed by atoms with Crippen LogP contribution in [0.2, 0.25) is 0 Å². The van der Waals surface area contributed by atoms with Crippen molar-refractivity contribution in [3.8, 4) is 0 Å². The van der Waals surface area contributed by atoms with Crippen molar-refractivity contribution in [1.29, 1.82) is 0 Å². The van der Waals surface area contributed by atoms with Crippen molar-refractivity contribution in [2.75, 3.05) is 31.5 Å². The van der Waals surface area contributed by atoms with Crippen molar-refractivity contribution in [3.05, 3.63) is 40.7 Å². The minimum atomic E-state index is -0.0256. The molecule has 21 heavy (non-hydrogen) atoms. The number of hydrogen-bond donors (Lipinski definition) is 2. The molecular formula is C17H23N3O. The number of aromatic nitrogens is 1. The van der Waals surface area contributed by atoms with E-state index in [2.05, 4.69) is 22.1 Å². The first-order chi connectivity index (χ1) is 10.2. The van der Waals surface area contributed by atoms with Gasteiger partial charge in [-0.15, -0.1) is 0 Å². The minimum Gasteiger partial charge on any atom is -0.370 e. The summed E-state index contributed by atoms with van der Waals surface area (Å²) in [6.45, 7) is 6.60. The molecule has 4 nitrogen and oxygen atoms in total. The Hall–Kier alpha value is -1.81. The second-order valence-electron chi connectivity index (χ2n) is 6.05. The molecule has 1 aliphatic heterocycles. The normalized spacial score (nSPS) is 17.2. The Balaban J connectivity index is 1.59. The van der Waals surface area contributed by atoms with Gasteiger partial charge in [-0.1, -0.05) is 25.1 Å². The standard InChI is InChI=1S/C17H23N3O/c1-13-6-9-20(10-7-13)11-8-18-16-12-14-4-2-3-5-15(14)17(21)19-16/h2-5,12-13H,6-11H2,1H3,(H2,18,19,21). The number of rotatable bonds is 4. The second kappa shape index (κ2) is 6.31. The molecule has 0 unspecified atom stereocenters. The molecule has 112 valence electrons. The lowest BCUT2D eigenvalue weighted by molar-refractivity contribution is 0.199. The molecule has 0 atom stereocenters. The summed E-state index contributed by atoms with van der Waals surface area (Å²) in [4.78, 5) is 17.4. The molecule has 1 aromatic carbocycles. The van der Waals surface area contributed by atoms with Crippen molar-refractivity contribution in [3.63, 3.8) is 0 Å². The zero-order valence-electron chi connectivity index (χ0n) is 12.6. The van der Waals surface area contributed by atoms with E-state index in [0.717, 1.165) is 35.6 Å². The highest BCUT2D eigenvalue weighted by Crippen LogP contribution is 2.16. The molecule has 0 aliphatic carbocycles. The average Bonchev–Trinajstić information content (AvgIpc) is 2.49. The Kier molecular flexibility index (Phi) is 4.25. The SMILES string of the molecule is CC1CCN(CCNc2cc3ccccc3c(=O)[nH]2)CC1. The van der Waals surface area contributed by atoms with Crippen LogP contribution in [-0.4, -0.2) is 36.1 Å². The van der Waals surface area contributed by atoms with Crippen molar-refractivity contribution in [1.82, 2.24) is 9.88 Å². The Morgan fingerprint density at radius 1 is 1.29 bits per heavy atom. The number of aromatic amines is 1. The maximum Gasteiger partial charge on any atom is 0.257 e. The first-order valence-electron chi connectivity index (χ1n) is 7.80. The summed E-state index contributed by atoms with van der Waals surface area (Å²) in [6, 6.07) is 9.69. The Morgan fingerprint density at radius 2 is 2.05 bits per heavy atom. The smallest absolute Gasteiger partial charge is 0.257 e. The highest BCUT2D eigenvalue weighted by Gasteiger charge is 2.14. The highest BCUT2D eigenvalue weighted by molar-refractivity contribution is 5.83. The number of anilines is 1. The summed E-state index contributed by atoms with van der Waals surface area (Å²) in [5.41, 5.74) is -0.0256. The van der Waals surface area contributed by atoms with E-state index in [1.54, 1.807) is 0 Å². The number of hydrogen-bond acceptors (Lipinski definition) is 3. The average molecular weight is 285 g/mol. The Morgan fingerprint density at radius 3 is 2.86 bits per heavy atom. The van der Waals surface area contributed by atoms with Gasteiger partial charge in [-0.25, -0.2) is 0 Å². The van der Waals surface area contributed by atoms with Crippen molar-refractivity contribution in [2.24, 2.45) is 5.92 Å². The lowest BCUT2D eigenvalue weighted by atomic mass is 9.99. The van der Waals surface area contributed by atoms with Gasteiger partial charge < -0.3 is 15.2 Å². The Bertz CT molecular complexity index is 656. The van der Waals surface area contributed by atoms with Crippen LogP contribution in [0.1, 0.15) is 19.8 Å². The number of benzene rings is 1. The van der Waals surface area contributed by atoms with Crippen LogP contribution in [0.3, 0.4) is 0 Å². The fourth-order valence-corrected chi connectivity index (χ4v) is 2.94. The maximum absolute atomic E-state index is 12.0. The molecule has 1 saturated heterocycles. The third kappa shape index (κ3) is 3.45. The van der Waals surface area contributed by atoms with Gasteiger partial charge in [-0.3, -0.25) is 4.79 Å². The largest absolute Gasteiger partial charge is 0.370 e. The number of nitrogens with zero attached hydrogens (tertiary/aromatic N) is 1. The predicted octanol–water partition coefficient (Wildman–Crippen LogP) is 2.67. The molecule has 0 radical (unpaired) electrons. The minimum absolute atomic E-state index is 0.0256. The van der Waals surface area contributed by atoms with E-state index >= 15 is 0 Å². The van der Waals surface area contributed by atoms with Gasteiger partial charge in [0, 0.05) is 18.5 Å². The summed E-state index contributed by atoms with van der Waals surface area (Å²) in [6.07, 6.45) is 2.60. The fourth-order valence-electron chi connectivity index (χ4n) is 2.94. The lowest BCUT2D eigenvalue weighted by Gasteiger charge is -2.30. The zero-order chi connectivity index (χ0) is 14.7. The van der Waals surface area contributed by atoms with Gasteiger partial charge in [0.15, 0.2) is 0 Å². The van der Waals surface area contributed by atoms with Crippen LogP contribution in [0.15, 0.2) is 35.1 Å². The van der Waals surface area contributed by atoms with Gasteiger partial charge >= 0.3 is 0 Å². The second-order valence-corrected chi connectivity index (χ2v) is 6.05. The number of pyridine rings is 1. The quantitative estimate of drug-likeness (QED) is 0.908. The predicted molar refractivity (Wildman–Crippen MR) is 87.9 cm³/mol. The molecule has 1 aliphatic rings. The maximum atomic E-state index is 12.0. The molecule has 0 amide bonds. The summed E-state index contributed by atoms with van der Waals surface area (Å²) < 4.78 is 0. The van der Waals surface area contributed by atoms with Gasteiger partial charge in [0.2, 0.25) is 0 Å². The molecule has 0 spiro atoms. The first kappa shape index (κ1) is 14.1. The first-order valence-corrected chi connectivity index (χ1v) is 7.80. The van der Waals surface area contributed by atoms with Gasteiger partial charge in [-0.2, -0.15) is 0 Å². The number of fused-ring (bicyclic) bond motifs is 1. The van der Waals surface area contributed by atoms with Crippen LogP contribution in [-0.2, 0) is 0 Å². The lowest BCUT2D eigenvalue weighted by Crippen LogP contribution is -2.36. The van der Waals surface area contributed by atoms with Crippen LogP contribution < -0.4 is 10.9 Å². The topological polar surface area (TPSA) is 48.1 Å². The van der Waals surface area contributed by atoms with E-state index < -0.39 is 0 Å². The van der Waals surface area contributed by atoms with E-state index in [4.69, 9.17) is 0 Å². The summed E-state index contributed by atoms with van der Waals surface area (Å²) in [7, 11) is 0. The van der Waals surface area contributed by atoms with Crippen LogP contribution in [0.25, 0.3) is 10.8 Å². The van der Waals surface area contributed by atoms with E-state index in [9.17, 15) is 4.79 Å². The Labute approximate surface area is 125 Å². The fraction of sp³-hybridized carbons (Fsp3) is 0.471. The van der Waals surface area contributed by atoms with E-state index in [-0.39, 0.29) is 5.56 Å². The third-order valence-corrected chi connectivity index (χ3v) is 4.37. The molecule has 4 heteroatoms. The van der Waals surface area contributed by atoms with Gasteiger partial charge in [0.25, 0.3) is 5.56 Å². The van der Waals surface area contributed by atoms with E-state index in [1.807, 2.05) is 30.3 Å². The summed E-state index contributed by atoms with van der Waals surface area (Å²) >= 11 is 0. The summed E-state index contributed by atoms with van der Waals surface area (Å²) in [5, 5.41) is 5.06. The molecule has 0 saturated carbocycles. The molecular weight excluding hydrogens is 262 g/mol. The zero-order valence-corrected chi connectivity index (χ0v) is 12.6. The molecule has 3 rings (SSSR count). The van der Waals surface area contributed by atoms with Crippen LogP contribution in [0.4, 0.5) is 5.82 Å². The third-order valence-electron chi connectivity index (χ3n) is 4.37. The molecule has 2 aromatic rings. The monoisotopic (exact) mass is 285 g/mol. The highest BCUT2D eigenvalue weighted by atomic mass is 16.1. The summed E-state index contributed by atoms with van der Waals surface area (Å²) in [5.74, 6) is 1.68. The molecule has 1 fully saturated rings. The van der Waals surface area contributed by atoms with Crippen molar-refractivity contribution >= 4 is 16.6 Å². The van der Waals surface area contributed by atoms with Crippen LogP contribution >= 0.6 is 0 Å². The number of piperidine rings is 1. The van der Waals surface area contributed by atoms with Gasteiger partial charge in [0.1, 0.15) is 5.82 Å². The number of nitrogens with one attached hydrogen (secondary N) is 2. The van der Waals surface area contributed by atoms with Crippen LogP contribution in [0.5, 0.6) is 0 Å². The van der Waals surface area contributed by atoms with E-state index in [1.165, 1.54) is 25.9 Å². The van der Waals surface area contributed by atoms with Crippen molar-refractivity contribution in [2.45, 2.75) is 19.8 Å². The van der Waals surface area contributed by atoms with Gasteiger partial charge in [0.05, 0.1) is 0 Å². The van der Waals surface area contributed by atoms with Crippen LogP contribution in [0, 0.1) is 5.92 Å². The number of H-pyrrole nitrogens is 1.